The second-order valence-corrected chi connectivity index (χ2v) is 7.81. The molecule has 1 spiro atoms. The summed E-state index contributed by atoms with van der Waals surface area (Å²) in [6, 6.07) is 10.8. The Labute approximate surface area is 173 Å². The molecule has 2 fully saturated rings. The number of nitrogens with zero attached hydrogens (tertiary/aromatic N) is 2. The summed E-state index contributed by atoms with van der Waals surface area (Å²) in [4.78, 5) is 24.8. The first kappa shape index (κ1) is 23.9. The fraction of sp³-hybridized carbons (Fsp3) is 0.600. The minimum atomic E-state index is -5.08. The molecule has 1 aromatic rings. The molecule has 2 saturated heterocycles. The number of ether oxygens (including phenoxy) is 1. The van der Waals surface area contributed by atoms with Gasteiger partial charge < -0.3 is 20.1 Å². The smallest absolute Gasteiger partial charge is 0.475 e. The lowest BCUT2D eigenvalue weighted by Gasteiger charge is -2.38. The third kappa shape index (κ3) is 7.17. The molecule has 2 N–H and O–H groups in total. The summed E-state index contributed by atoms with van der Waals surface area (Å²) in [6.45, 7) is 3.72. The Bertz CT molecular complexity index is 715. The Morgan fingerprint density at radius 1 is 1.30 bits per heavy atom. The number of carboxylic acids is 1. The number of rotatable bonds is 3. The van der Waals surface area contributed by atoms with E-state index < -0.39 is 12.1 Å². The predicted octanol–water partition coefficient (Wildman–Crippen LogP) is 2.71. The van der Waals surface area contributed by atoms with Crippen molar-refractivity contribution in [2.75, 3.05) is 33.8 Å². The molecule has 0 saturated carbocycles. The van der Waals surface area contributed by atoms with Crippen molar-refractivity contribution in [3.8, 4) is 0 Å². The van der Waals surface area contributed by atoms with Crippen molar-refractivity contribution < 1.29 is 32.6 Å². The van der Waals surface area contributed by atoms with Crippen LogP contribution in [0.15, 0.2) is 30.3 Å². The fourth-order valence-electron chi connectivity index (χ4n) is 3.64. The van der Waals surface area contributed by atoms with Crippen molar-refractivity contribution in [1.82, 2.24) is 15.1 Å². The number of hydrogen-bond donors (Lipinski definition) is 2. The van der Waals surface area contributed by atoms with Crippen molar-refractivity contribution in [2.45, 2.75) is 43.6 Å². The highest BCUT2D eigenvalue weighted by Gasteiger charge is 2.43. The third-order valence-corrected chi connectivity index (χ3v) is 5.11. The van der Waals surface area contributed by atoms with Crippen molar-refractivity contribution >= 4 is 12.0 Å². The van der Waals surface area contributed by atoms with Crippen LogP contribution in [0, 0.1) is 0 Å². The number of aliphatic carboxylic acids is 1. The lowest BCUT2D eigenvalue weighted by Crippen LogP contribution is -2.51. The minimum Gasteiger partial charge on any atom is -0.475 e. The molecule has 3 rings (SSSR count). The normalized spacial score (nSPS) is 24.1. The minimum absolute atomic E-state index is 0.00816. The van der Waals surface area contributed by atoms with Gasteiger partial charge in [0, 0.05) is 46.4 Å². The van der Waals surface area contributed by atoms with Crippen LogP contribution >= 0.6 is 0 Å². The molecule has 2 amide bonds. The summed E-state index contributed by atoms with van der Waals surface area (Å²) in [6.07, 6.45) is -2.22. The number of halogens is 3. The first-order valence-electron chi connectivity index (χ1n) is 9.69. The maximum absolute atomic E-state index is 11.9. The van der Waals surface area contributed by atoms with Gasteiger partial charge in [-0.15, -0.1) is 0 Å². The number of benzene rings is 1. The van der Waals surface area contributed by atoms with E-state index in [9.17, 15) is 18.0 Å². The van der Waals surface area contributed by atoms with E-state index in [1.807, 2.05) is 0 Å². The predicted molar refractivity (Wildman–Crippen MR) is 104 cm³/mol. The van der Waals surface area contributed by atoms with Gasteiger partial charge in [-0.2, -0.15) is 13.2 Å². The zero-order chi connectivity index (χ0) is 22.4. The van der Waals surface area contributed by atoms with Crippen molar-refractivity contribution in [1.29, 1.82) is 0 Å². The fourth-order valence-corrected chi connectivity index (χ4v) is 3.64. The van der Waals surface area contributed by atoms with Crippen LogP contribution in [0.3, 0.4) is 0 Å². The summed E-state index contributed by atoms with van der Waals surface area (Å²) >= 11 is 0. The van der Waals surface area contributed by atoms with Gasteiger partial charge in [0.05, 0.1) is 5.60 Å². The molecule has 30 heavy (non-hydrogen) atoms. The number of likely N-dealkylation sites (tertiary alicyclic amines) is 1. The number of hydrogen-bond acceptors (Lipinski definition) is 4. The Morgan fingerprint density at radius 3 is 2.50 bits per heavy atom. The van der Waals surface area contributed by atoms with Gasteiger partial charge in [0.25, 0.3) is 0 Å². The van der Waals surface area contributed by atoms with E-state index in [1.165, 1.54) is 5.56 Å². The van der Waals surface area contributed by atoms with E-state index >= 15 is 0 Å². The molecule has 1 aromatic carbocycles. The summed E-state index contributed by atoms with van der Waals surface area (Å²) in [7, 11) is 3.56. The number of nitrogens with one attached hydrogen (secondary N) is 1. The maximum Gasteiger partial charge on any atom is 0.490 e. The van der Waals surface area contributed by atoms with Crippen LogP contribution in [0.4, 0.5) is 18.0 Å². The SMILES string of the molecule is CN(C)C(=O)N[C@H]1CCO[C@]2(CCN(Cc3ccccc3)C2)C1.O=C(O)C(F)(F)F. The Hall–Kier alpha value is -2.33. The number of amides is 2. The van der Waals surface area contributed by atoms with Gasteiger partial charge >= 0.3 is 18.2 Å². The standard InChI is InChI=1S/C18H27N3O2.C2HF3O2/c1-20(2)17(22)19-16-8-11-23-18(12-16)9-10-21(14-18)13-15-6-4-3-5-7-15;3-2(4,5)1(6)7/h3-7,16H,8-14H2,1-2H3,(H,19,22);(H,6,7)/t16-,18+;/m0./s1. The van der Waals surface area contributed by atoms with Gasteiger partial charge in [-0.05, 0) is 24.8 Å². The first-order valence-corrected chi connectivity index (χ1v) is 9.69. The molecule has 0 bridgehead atoms. The largest absolute Gasteiger partial charge is 0.490 e. The average Bonchev–Trinajstić information content (AvgIpc) is 3.03. The summed E-state index contributed by atoms with van der Waals surface area (Å²) < 4.78 is 37.9. The van der Waals surface area contributed by atoms with Crippen molar-refractivity contribution in [2.24, 2.45) is 0 Å². The van der Waals surface area contributed by atoms with Crippen LogP contribution in [-0.4, -0.2) is 78.5 Å². The zero-order valence-corrected chi connectivity index (χ0v) is 17.1. The number of urea groups is 1. The number of carboxylic acid groups (broad SMARTS) is 1. The van der Waals surface area contributed by atoms with E-state index in [0.29, 0.717) is 0 Å². The van der Waals surface area contributed by atoms with Gasteiger partial charge in [0.15, 0.2) is 0 Å². The Kier molecular flexibility index (Phi) is 8.08. The van der Waals surface area contributed by atoms with E-state index in [2.05, 4.69) is 40.5 Å². The molecule has 2 aliphatic heterocycles. The molecule has 7 nitrogen and oxygen atoms in total. The molecule has 2 heterocycles. The van der Waals surface area contributed by atoms with Crippen LogP contribution in [0.25, 0.3) is 0 Å². The molecule has 0 aliphatic carbocycles. The number of carbonyl (C=O) groups is 2. The highest BCUT2D eigenvalue weighted by atomic mass is 19.4. The number of alkyl halides is 3. The summed E-state index contributed by atoms with van der Waals surface area (Å²) in [5, 5.41) is 10.2. The zero-order valence-electron chi connectivity index (χ0n) is 17.1. The molecular weight excluding hydrogens is 403 g/mol. The Morgan fingerprint density at radius 2 is 1.93 bits per heavy atom. The van der Waals surface area contributed by atoms with Crippen molar-refractivity contribution in [3.63, 3.8) is 0 Å². The van der Waals surface area contributed by atoms with Crippen LogP contribution in [0.5, 0.6) is 0 Å². The maximum atomic E-state index is 11.9. The first-order chi connectivity index (χ1) is 14.0. The van der Waals surface area contributed by atoms with Crippen LogP contribution < -0.4 is 5.32 Å². The van der Waals surface area contributed by atoms with Crippen LogP contribution in [0.1, 0.15) is 24.8 Å². The molecule has 2 atom stereocenters. The third-order valence-electron chi connectivity index (χ3n) is 5.11. The molecule has 10 heteroatoms. The van der Waals surface area contributed by atoms with E-state index in [1.54, 1.807) is 19.0 Å². The number of carbonyl (C=O) groups excluding carboxylic acids is 1. The summed E-state index contributed by atoms with van der Waals surface area (Å²) in [5.41, 5.74) is 1.26. The van der Waals surface area contributed by atoms with E-state index in [4.69, 9.17) is 14.6 Å². The second-order valence-electron chi connectivity index (χ2n) is 7.81. The van der Waals surface area contributed by atoms with Gasteiger partial charge in [-0.25, -0.2) is 9.59 Å². The monoisotopic (exact) mass is 431 g/mol. The molecule has 2 aliphatic rings. The van der Waals surface area contributed by atoms with Gasteiger partial charge in [0.1, 0.15) is 0 Å². The van der Waals surface area contributed by atoms with Crippen LogP contribution in [0.2, 0.25) is 0 Å². The highest BCUT2D eigenvalue weighted by Crippen LogP contribution is 2.34. The highest BCUT2D eigenvalue weighted by molar-refractivity contribution is 5.74. The average molecular weight is 431 g/mol. The summed E-state index contributed by atoms with van der Waals surface area (Å²) in [5.74, 6) is -2.76. The van der Waals surface area contributed by atoms with Crippen molar-refractivity contribution in [3.05, 3.63) is 35.9 Å². The topological polar surface area (TPSA) is 82.1 Å². The molecule has 168 valence electrons. The second kappa shape index (κ2) is 10.1. The van der Waals surface area contributed by atoms with Gasteiger partial charge in [-0.1, -0.05) is 30.3 Å². The van der Waals surface area contributed by atoms with Gasteiger partial charge in [0.2, 0.25) is 0 Å². The molecule has 0 aromatic heterocycles. The van der Waals surface area contributed by atoms with E-state index in [0.717, 1.165) is 45.5 Å². The Balaban J connectivity index is 0.000000396. The lowest BCUT2D eigenvalue weighted by atomic mass is 9.89. The molecule has 0 unspecified atom stereocenters. The van der Waals surface area contributed by atoms with Crippen LogP contribution in [-0.2, 0) is 16.1 Å². The van der Waals surface area contributed by atoms with E-state index in [-0.39, 0.29) is 17.7 Å². The van der Waals surface area contributed by atoms with Gasteiger partial charge in [-0.3, -0.25) is 4.90 Å². The molecule has 0 radical (unpaired) electrons. The molecular formula is C20H28F3N3O4. The lowest BCUT2D eigenvalue weighted by molar-refractivity contribution is -0.192. The quantitative estimate of drug-likeness (QED) is 0.769.